The average Bonchev–Trinajstić information content (AvgIpc) is 2.67. The fourth-order valence-corrected chi connectivity index (χ4v) is 2.23. The van der Waals surface area contributed by atoms with E-state index in [9.17, 15) is 38.7 Å². The van der Waals surface area contributed by atoms with Crippen molar-refractivity contribution in [1.29, 1.82) is 0 Å². The van der Waals surface area contributed by atoms with Crippen LogP contribution in [0.1, 0.15) is 25.7 Å². The lowest BCUT2D eigenvalue weighted by atomic mass is 10.1. The number of hydrogen-bond acceptors (Lipinski definition) is 9. The van der Waals surface area contributed by atoms with Crippen LogP contribution in [-0.2, 0) is 33.6 Å². The summed E-state index contributed by atoms with van der Waals surface area (Å²) < 4.78 is 0. The third-order valence-electron chi connectivity index (χ3n) is 3.89. The van der Waals surface area contributed by atoms with E-state index >= 15 is 0 Å². The van der Waals surface area contributed by atoms with E-state index in [1.54, 1.807) is 0 Å². The molecule has 16 heteroatoms. The second kappa shape index (κ2) is 13.5. The molecule has 12 N–H and O–H groups in total. The highest BCUT2D eigenvalue weighted by molar-refractivity contribution is 5.96. The Morgan fingerprint density at radius 3 is 1.66 bits per heavy atom. The summed E-state index contributed by atoms with van der Waals surface area (Å²) in [5, 5.41) is 33.2. The molecular formula is C16H26N6O10. The number of aliphatic carboxylic acids is 2. The van der Waals surface area contributed by atoms with Crippen LogP contribution in [0.15, 0.2) is 0 Å². The predicted molar refractivity (Wildman–Crippen MR) is 103 cm³/mol. The fraction of sp³-hybridized carbons (Fsp3) is 0.562. The summed E-state index contributed by atoms with van der Waals surface area (Å²) in [5.41, 5.74) is 15.4. The number of carbonyl (C=O) groups is 7. The van der Waals surface area contributed by atoms with Crippen molar-refractivity contribution < 1.29 is 48.9 Å². The molecule has 0 aliphatic heterocycles. The summed E-state index contributed by atoms with van der Waals surface area (Å²) in [5.74, 6) is -8.36. The second-order valence-corrected chi connectivity index (χ2v) is 6.58. The van der Waals surface area contributed by atoms with E-state index in [4.69, 9.17) is 27.4 Å². The largest absolute Gasteiger partial charge is 0.481 e. The molecule has 16 nitrogen and oxygen atoms in total. The van der Waals surface area contributed by atoms with Crippen LogP contribution in [0.5, 0.6) is 0 Å². The molecule has 0 aliphatic carbocycles. The summed E-state index contributed by atoms with van der Waals surface area (Å²) in [4.78, 5) is 80.4. The number of carbonyl (C=O) groups excluding carboxylic acids is 5. The zero-order chi connectivity index (χ0) is 25.0. The third-order valence-corrected chi connectivity index (χ3v) is 3.89. The first-order valence-corrected chi connectivity index (χ1v) is 9.07. The molecule has 32 heavy (non-hydrogen) atoms. The molecule has 0 aromatic carbocycles. The number of hydrogen-bond donors (Lipinski definition) is 9. The third kappa shape index (κ3) is 10.8. The topological polar surface area (TPSA) is 294 Å². The van der Waals surface area contributed by atoms with Gasteiger partial charge in [0.25, 0.3) is 0 Å². The monoisotopic (exact) mass is 462 g/mol. The minimum absolute atomic E-state index is 0.151. The van der Waals surface area contributed by atoms with E-state index in [-0.39, 0.29) is 12.8 Å². The van der Waals surface area contributed by atoms with Crippen molar-refractivity contribution in [3.63, 3.8) is 0 Å². The molecule has 0 fully saturated rings. The van der Waals surface area contributed by atoms with Crippen molar-refractivity contribution in [3.05, 3.63) is 0 Å². The number of amides is 5. The number of carboxylic acid groups (broad SMARTS) is 2. The zero-order valence-electron chi connectivity index (χ0n) is 16.8. The number of rotatable bonds is 15. The van der Waals surface area contributed by atoms with Crippen molar-refractivity contribution in [2.24, 2.45) is 17.2 Å². The van der Waals surface area contributed by atoms with Crippen LogP contribution in [0, 0.1) is 0 Å². The fourth-order valence-electron chi connectivity index (χ4n) is 2.23. The molecule has 5 amide bonds. The number of primary amides is 2. The van der Waals surface area contributed by atoms with Gasteiger partial charge in [-0.15, -0.1) is 0 Å². The summed E-state index contributed by atoms with van der Waals surface area (Å²) >= 11 is 0. The summed E-state index contributed by atoms with van der Waals surface area (Å²) in [6, 6.07) is -6.53. The standard InChI is InChI=1S/C16H26N6O10/c17-6(1-2-10(18)24)13(28)22-9(5-23)15(30)20-7(4-12(26)27)14(29)21-8(16(31)32)3-11(19)25/h6-9,23H,1-5,17H2,(H2,18,24)(H2,19,25)(H,20,30)(H,21,29)(H,22,28)(H,26,27)(H,31,32). The Kier molecular flexibility index (Phi) is 11.9. The molecule has 0 aliphatic rings. The minimum Gasteiger partial charge on any atom is -0.481 e. The van der Waals surface area contributed by atoms with Crippen LogP contribution in [0.3, 0.4) is 0 Å². The Morgan fingerprint density at radius 1 is 0.719 bits per heavy atom. The van der Waals surface area contributed by atoms with Crippen LogP contribution in [-0.4, -0.2) is 87.6 Å². The smallest absolute Gasteiger partial charge is 0.326 e. The van der Waals surface area contributed by atoms with Gasteiger partial charge >= 0.3 is 11.9 Å². The van der Waals surface area contributed by atoms with Gasteiger partial charge in [-0.3, -0.25) is 28.8 Å². The average molecular weight is 462 g/mol. The first-order chi connectivity index (χ1) is 14.8. The van der Waals surface area contributed by atoms with Crippen molar-refractivity contribution in [3.8, 4) is 0 Å². The van der Waals surface area contributed by atoms with Gasteiger partial charge in [0.2, 0.25) is 29.5 Å². The maximum Gasteiger partial charge on any atom is 0.326 e. The Hall–Kier alpha value is -3.79. The van der Waals surface area contributed by atoms with Gasteiger partial charge in [-0.05, 0) is 6.42 Å². The molecule has 0 heterocycles. The Bertz CT molecular complexity index is 758. The molecule has 4 unspecified atom stereocenters. The Labute approximate surface area is 180 Å². The maximum atomic E-state index is 12.3. The normalized spacial score (nSPS) is 14.2. The molecule has 0 rings (SSSR count). The lowest BCUT2D eigenvalue weighted by Gasteiger charge is -2.23. The highest BCUT2D eigenvalue weighted by atomic mass is 16.4. The van der Waals surface area contributed by atoms with Crippen LogP contribution in [0.2, 0.25) is 0 Å². The second-order valence-electron chi connectivity index (χ2n) is 6.58. The lowest BCUT2D eigenvalue weighted by Crippen LogP contribution is -2.58. The van der Waals surface area contributed by atoms with E-state index in [0.29, 0.717) is 0 Å². The van der Waals surface area contributed by atoms with Gasteiger partial charge in [0.15, 0.2) is 0 Å². The highest BCUT2D eigenvalue weighted by Crippen LogP contribution is 2.00. The lowest BCUT2D eigenvalue weighted by molar-refractivity contribution is -0.145. The van der Waals surface area contributed by atoms with Crippen LogP contribution < -0.4 is 33.2 Å². The first-order valence-electron chi connectivity index (χ1n) is 9.07. The van der Waals surface area contributed by atoms with Crippen molar-refractivity contribution in [2.45, 2.75) is 49.9 Å². The number of aliphatic hydroxyl groups excluding tert-OH is 1. The van der Waals surface area contributed by atoms with Crippen LogP contribution in [0.25, 0.3) is 0 Å². The molecule has 0 saturated carbocycles. The van der Waals surface area contributed by atoms with Crippen LogP contribution >= 0.6 is 0 Å². The quantitative estimate of drug-likeness (QED) is 0.110. The first kappa shape index (κ1) is 28.2. The molecule has 0 saturated heterocycles. The van der Waals surface area contributed by atoms with Gasteiger partial charge in [-0.1, -0.05) is 0 Å². The van der Waals surface area contributed by atoms with E-state index < -0.39 is 85.1 Å². The van der Waals surface area contributed by atoms with Crippen LogP contribution in [0.4, 0.5) is 0 Å². The van der Waals surface area contributed by atoms with E-state index in [2.05, 4.69) is 5.32 Å². The van der Waals surface area contributed by atoms with Gasteiger partial charge in [0, 0.05) is 6.42 Å². The number of nitrogens with two attached hydrogens (primary N) is 3. The number of carboxylic acids is 2. The van der Waals surface area contributed by atoms with E-state index in [1.165, 1.54) is 0 Å². The van der Waals surface area contributed by atoms with E-state index in [0.717, 1.165) is 0 Å². The van der Waals surface area contributed by atoms with Gasteiger partial charge in [0.1, 0.15) is 18.1 Å². The highest BCUT2D eigenvalue weighted by Gasteiger charge is 2.31. The van der Waals surface area contributed by atoms with E-state index in [1.807, 2.05) is 10.6 Å². The minimum atomic E-state index is -1.83. The molecule has 0 aromatic heterocycles. The molecule has 0 aromatic rings. The summed E-state index contributed by atoms with van der Waals surface area (Å²) in [7, 11) is 0. The SMILES string of the molecule is NC(=O)CCC(N)C(=O)NC(CO)C(=O)NC(CC(=O)O)C(=O)NC(CC(N)=O)C(=O)O. The molecule has 0 spiro atoms. The molecule has 0 bridgehead atoms. The maximum absolute atomic E-state index is 12.3. The van der Waals surface area contributed by atoms with Gasteiger partial charge in [0.05, 0.1) is 25.5 Å². The molecule has 0 radical (unpaired) electrons. The van der Waals surface area contributed by atoms with Gasteiger partial charge in [-0.25, -0.2) is 4.79 Å². The van der Waals surface area contributed by atoms with Crippen molar-refractivity contribution in [2.75, 3.05) is 6.61 Å². The zero-order valence-corrected chi connectivity index (χ0v) is 16.8. The molecule has 4 atom stereocenters. The number of aliphatic hydroxyl groups is 1. The van der Waals surface area contributed by atoms with Crippen molar-refractivity contribution in [1.82, 2.24) is 16.0 Å². The Morgan fingerprint density at radius 2 is 1.22 bits per heavy atom. The summed E-state index contributed by atoms with van der Waals surface area (Å²) in [6.07, 6.45) is -2.17. The molecular weight excluding hydrogens is 436 g/mol. The Balaban J connectivity index is 5.27. The molecule has 180 valence electrons. The number of nitrogens with one attached hydrogen (secondary N) is 3. The van der Waals surface area contributed by atoms with Crippen molar-refractivity contribution >= 4 is 41.5 Å². The van der Waals surface area contributed by atoms with Gasteiger partial charge in [-0.2, -0.15) is 0 Å². The van der Waals surface area contributed by atoms with Gasteiger partial charge < -0.3 is 48.5 Å². The predicted octanol–water partition coefficient (Wildman–Crippen LogP) is -5.54. The summed E-state index contributed by atoms with van der Waals surface area (Å²) in [6.45, 7) is -0.971.